The van der Waals surface area contributed by atoms with E-state index in [1.807, 2.05) is 49.4 Å². The molecular weight excluding hydrogens is 416 g/mol. The van der Waals surface area contributed by atoms with Crippen LogP contribution in [0.5, 0.6) is 0 Å². The minimum Gasteiger partial charge on any atom is -0.455 e. The highest BCUT2D eigenvalue weighted by molar-refractivity contribution is 6.11. The molecule has 2 heterocycles. The van der Waals surface area contributed by atoms with Crippen LogP contribution in [-0.2, 0) is 0 Å². The van der Waals surface area contributed by atoms with Crippen molar-refractivity contribution in [1.29, 1.82) is 0 Å². The number of rotatable bonds is 4. The van der Waals surface area contributed by atoms with Crippen molar-refractivity contribution in [2.24, 2.45) is 0 Å². The zero-order valence-electron chi connectivity index (χ0n) is 18.0. The van der Waals surface area contributed by atoms with Gasteiger partial charge in [0.2, 0.25) is 0 Å². The quantitative estimate of drug-likeness (QED) is 0.407. The number of anilines is 1. The van der Waals surface area contributed by atoms with Gasteiger partial charge < -0.3 is 9.73 Å². The van der Waals surface area contributed by atoms with Gasteiger partial charge in [0.1, 0.15) is 11.6 Å². The molecule has 0 fully saturated rings. The molecule has 33 heavy (non-hydrogen) atoms. The van der Waals surface area contributed by atoms with E-state index in [4.69, 9.17) is 4.42 Å². The number of fused-ring (bicyclic) bond motifs is 1. The first-order valence-corrected chi connectivity index (χ1v) is 10.4. The Labute approximate surface area is 189 Å². The predicted molar refractivity (Wildman–Crippen MR) is 127 cm³/mol. The van der Waals surface area contributed by atoms with E-state index in [0.29, 0.717) is 34.0 Å². The van der Waals surface area contributed by atoms with Gasteiger partial charge in [0.15, 0.2) is 16.8 Å². The number of benzene rings is 3. The maximum Gasteiger partial charge on any atom is 0.259 e. The molecule has 5 rings (SSSR count). The van der Waals surface area contributed by atoms with Gasteiger partial charge in [-0.2, -0.15) is 5.10 Å². The number of amides is 1. The minimum atomic E-state index is -0.380. The summed E-state index contributed by atoms with van der Waals surface area (Å²) in [6.07, 6.45) is 0. The number of carbonyl (C=O) groups is 1. The molecule has 0 aliphatic heterocycles. The maximum atomic E-state index is 13.2. The number of hydrogen-bond acceptors (Lipinski definition) is 5. The molecule has 0 unspecified atom stereocenters. The number of para-hydroxylation sites is 1. The molecule has 0 aliphatic carbocycles. The molecule has 7 heteroatoms. The second kappa shape index (κ2) is 8.20. The van der Waals surface area contributed by atoms with E-state index in [-0.39, 0.29) is 22.5 Å². The van der Waals surface area contributed by atoms with Gasteiger partial charge in [0, 0.05) is 22.4 Å². The molecule has 0 atom stereocenters. The Morgan fingerprint density at radius 3 is 2.45 bits per heavy atom. The number of H-pyrrole nitrogens is 1. The van der Waals surface area contributed by atoms with E-state index < -0.39 is 0 Å². The Kier molecular flexibility index (Phi) is 5.06. The van der Waals surface area contributed by atoms with Crippen molar-refractivity contribution in [3.8, 4) is 22.7 Å². The van der Waals surface area contributed by atoms with Crippen molar-refractivity contribution in [2.75, 3.05) is 5.32 Å². The second-order valence-corrected chi connectivity index (χ2v) is 7.71. The number of aryl methyl sites for hydroxylation is 1. The number of hydrogen-bond donors (Lipinski definition) is 2. The fourth-order valence-corrected chi connectivity index (χ4v) is 3.76. The van der Waals surface area contributed by atoms with Crippen molar-refractivity contribution in [1.82, 2.24) is 15.2 Å². The topological polar surface area (TPSA) is 101 Å². The summed E-state index contributed by atoms with van der Waals surface area (Å²) in [7, 11) is 0. The molecule has 162 valence electrons. The normalized spacial score (nSPS) is 11.0. The van der Waals surface area contributed by atoms with Crippen molar-refractivity contribution >= 4 is 22.6 Å². The summed E-state index contributed by atoms with van der Waals surface area (Å²) in [6.45, 7) is 3.55. The standard InChI is InChI=1S/C26H20N4O3/c1-15-22(31)20-12-7-13-21(24(20)33-23(15)17-8-4-3-5-9-17)26(32)28-19-11-6-10-18(14-19)25-27-16(2)29-30-25/h3-14H,1-2H3,(H,28,32)(H,27,29,30). The molecule has 5 aromatic rings. The Bertz CT molecular complexity index is 1550. The summed E-state index contributed by atoms with van der Waals surface area (Å²) in [4.78, 5) is 30.6. The number of nitrogens with one attached hydrogen (secondary N) is 2. The molecular formula is C26H20N4O3. The third kappa shape index (κ3) is 3.80. The summed E-state index contributed by atoms with van der Waals surface area (Å²) in [5, 5.41) is 10.2. The Morgan fingerprint density at radius 1 is 0.939 bits per heavy atom. The van der Waals surface area contributed by atoms with Crippen LogP contribution < -0.4 is 10.7 Å². The Morgan fingerprint density at radius 2 is 1.70 bits per heavy atom. The van der Waals surface area contributed by atoms with E-state index in [1.165, 1.54) is 0 Å². The van der Waals surface area contributed by atoms with Crippen LogP contribution in [-0.4, -0.2) is 21.1 Å². The fourth-order valence-electron chi connectivity index (χ4n) is 3.76. The van der Waals surface area contributed by atoms with Gasteiger partial charge in [-0.15, -0.1) is 0 Å². The van der Waals surface area contributed by atoms with Crippen LogP contribution in [0.3, 0.4) is 0 Å². The van der Waals surface area contributed by atoms with Gasteiger partial charge in [-0.1, -0.05) is 48.5 Å². The molecule has 0 aliphatic rings. The average Bonchev–Trinajstić information content (AvgIpc) is 3.28. The van der Waals surface area contributed by atoms with Crippen molar-refractivity contribution < 1.29 is 9.21 Å². The van der Waals surface area contributed by atoms with E-state index in [2.05, 4.69) is 20.5 Å². The lowest BCUT2D eigenvalue weighted by Crippen LogP contribution is -2.15. The van der Waals surface area contributed by atoms with Crippen LogP contribution in [0.4, 0.5) is 5.69 Å². The first kappa shape index (κ1) is 20.4. The lowest BCUT2D eigenvalue weighted by molar-refractivity contribution is 0.102. The molecule has 1 amide bonds. The summed E-state index contributed by atoms with van der Waals surface area (Å²) >= 11 is 0. The second-order valence-electron chi connectivity index (χ2n) is 7.71. The number of aromatic amines is 1. The third-order valence-corrected chi connectivity index (χ3v) is 5.40. The smallest absolute Gasteiger partial charge is 0.259 e. The molecule has 0 radical (unpaired) electrons. The zero-order chi connectivity index (χ0) is 22.9. The van der Waals surface area contributed by atoms with Crippen molar-refractivity contribution in [3.05, 3.63) is 100.0 Å². The van der Waals surface area contributed by atoms with E-state index in [9.17, 15) is 9.59 Å². The maximum absolute atomic E-state index is 13.2. The number of aromatic nitrogens is 3. The highest BCUT2D eigenvalue weighted by Crippen LogP contribution is 2.28. The summed E-state index contributed by atoms with van der Waals surface area (Å²) in [5.74, 6) is 1.32. The van der Waals surface area contributed by atoms with Gasteiger partial charge in [-0.3, -0.25) is 14.7 Å². The van der Waals surface area contributed by atoms with Gasteiger partial charge in [0.25, 0.3) is 5.91 Å². The van der Waals surface area contributed by atoms with Gasteiger partial charge >= 0.3 is 0 Å². The lowest BCUT2D eigenvalue weighted by Gasteiger charge is -2.11. The van der Waals surface area contributed by atoms with Gasteiger partial charge in [-0.05, 0) is 38.1 Å². The molecule has 3 aromatic carbocycles. The van der Waals surface area contributed by atoms with Crippen LogP contribution in [0.25, 0.3) is 33.7 Å². The molecule has 0 saturated carbocycles. The zero-order valence-corrected chi connectivity index (χ0v) is 18.0. The average molecular weight is 436 g/mol. The highest BCUT2D eigenvalue weighted by Gasteiger charge is 2.18. The van der Waals surface area contributed by atoms with Gasteiger partial charge in [0.05, 0.1) is 10.9 Å². The lowest BCUT2D eigenvalue weighted by atomic mass is 10.0. The first-order chi connectivity index (χ1) is 16.0. The largest absolute Gasteiger partial charge is 0.455 e. The van der Waals surface area contributed by atoms with Crippen molar-refractivity contribution in [2.45, 2.75) is 13.8 Å². The number of nitrogens with zero attached hydrogens (tertiary/aromatic N) is 2. The fraction of sp³-hybridized carbons (Fsp3) is 0.0769. The molecule has 7 nitrogen and oxygen atoms in total. The van der Waals surface area contributed by atoms with E-state index in [1.54, 1.807) is 37.3 Å². The highest BCUT2D eigenvalue weighted by atomic mass is 16.3. The Balaban J connectivity index is 1.56. The van der Waals surface area contributed by atoms with Crippen molar-refractivity contribution in [3.63, 3.8) is 0 Å². The Hall–Kier alpha value is -4.52. The minimum absolute atomic E-state index is 0.160. The van der Waals surface area contributed by atoms with E-state index >= 15 is 0 Å². The van der Waals surface area contributed by atoms with Crippen LogP contribution >= 0.6 is 0 Å². The molecule has 2 N–H and O–H groups in total. The third-order valence-electron chi connectivity index (χ3n) is 5.40. The monoisotopic (exact) mass is 436 g/mol. The molecule has 2 aromatic heterocycles. The predicted octanol–water partition coefficient (Wildman–Crippen LogP) is 5.11. The van der Waals surface area contributed by atoms with Crippen LogP contribution in [0.15, 0.2) is 82.0 Å². The molecule has 0 saturated heterocycles. The van der Waals surface area contributed by atoms with Crippen LogP contribution in [0.2, 0.25) is 0 Å². The van der Waals surface area contributed by atoms with Gasteiger partial charge in [-0.25, -0.2) is 4.98 Å². The number of carbonyl (C=O) groups excluding carboxylic acids is 1. The molecule has 0 spiro atoms. The summed E-state index contributed by atoms with van der Waals surface area (Å²) < 4.78 is 6.16. The van der Waals surface area contributed by atoms with Crippen LogP contribution in [0, 0.1) is 13.8 Å². The first-order valence-electron chi connectivity index (χ1n) is 10.4. The summed E-state index contributed by atoms with van der Waals surface area (Å²) in [6, 6.07) is 21.6. The van der Waals surface area contributed by atoms with E-state index in [0.717, 1.165) is 11.1 Å². The SMILES string of the molecule is Cc1nc(-c2cccc(NC(=O)c3cccc4c(=O)c(C)c(-c5ccccc5)oc34)c2)n[nH]1. The summed E-state index contributed by atoms with van der Waals surface area (Å²) in [5.41, 5.74) is 3.00. The van der Waals surface area contributed by atoms with Crippen LogP contribution in [0.1, 0.15) is 21.7 Å². The molecule has 0 bridgehead atoms.